The fourth-order valence-electron chi connectivity index (χ4n) is 2.50. The zero-order valence-electron chi connectivity index (χ0n) is 8.58. The zero-order valence-corrected chi connectivity index (χ0v) is 8.58. The van der Waals surface area contributed by atoms with E-state index in [4.69, 9.17) is 10.8 Å². The molecule has 4 atom stereocenters. The number of rotatable bonds is 2. The molecule has 1 aliphatic carbocycles. The molecule has 3 heteroatoms. The quantitative estimate of drug-likeness (QED) is 0.684. The van der Waals surface area contributed by atoms with E-state index in [2.05, 4.69) is 20.8 Å². The van der Waals surface area contributed by atoms with E-state index in [1.54, 1.807) is 0 Å². The summed E-state index contributed by atoms with van der Waals surface area (Å²) < 4.78 is 0. The molecule has 0 aliphatic heterocycles. The highest BCUT2D eigenvalue weighted by Crippen LogP contribution is 2.43. The van der Waals surface area contributed by atoms with Gasteiger partial charge in [-0.1, -0.05) is 20.8 Å². The van der Waals surface area contributed by atoms with E-state index in [1.165, 1.54) is 0 Å². The van der Waals surface area contributed by atoms with Gasteiger partial charge in [-0.25, -0.2) is 0 Å². The van der Waals surface area contributed by atoms with Gasteiger partial charge < -0.3 is 10.8 Å². The van der Waals surface area contributed by atoms with Crippen LogP contribution < -0.4 is 5.73 Å². The van der Waals surface area contributed by atoms with Gasteiger partial charge in [0.15, 0.2) is 0 Å². The number of hydrogen-bond acceptors (Lipinski definition) is 2. The fourth-order valence-corrected chi connectivity index (χ4v) is 2.50. The van der Waals surface area contributed by atoms with Gasteiger partial charge in [0.05, 0.1) is 6.42 Å². The minimum absolute atomic E-state index is 0.100. The minimum Gasteiger partial charge on any atom is -0.481 e. The largest absolute Gasteiger partial charge is 0.481 e. The smallest absolute Gasteiger partial charge is 0.305 e. The summed E-state index contributed by atoms with van der Waals surface area (Å²) in [7, 11) is 0. The molecular weight excluding hydrogens is 166 g/mol. The molecule has 1 rings (SSSR count). The van der Waals surface area contributed by atoms with Gasteiger partial charge in [-0.05, 0) is 24.2 Å². The number of aliphatic carboxylic acids is 1. The molecule has 0 amide bonds. The van der Waals surface area contributed by atoms with E-state index >= 15 is 0 Å². The van der Waals surface area contributed by atoms with Crippen LogP contribution in [0.2, 0.25) is 0 Å². The molecule has 1 aliphatic rings. The first-order chi connectivity index (χ1) is 5.87. The SMILES string of the molecule is CC1[C@@H](C)[C@@H](C)CC1(N)CC(=O)O. The summed E-state index contributed by atoms with van der Waals surface area (Å²) >= 11 is 0. The molecule has 0 spiro atoms. The highest BCUT2D eigenvalue weighted by molar-refractivity contribution is 5.68. The van der Waals surface area contributed by atoms with Gasteiger partial charge in [0.25, 0.3) is 0 Å². The van der Waals surface area contributed by atoms with Crippen LogP contribution in [-0.2, 0) is 4.79 Å². The molecule has 1 fully saturated rings. The Kier molecular flexibility index (Phi) is 2.66. The molecular formula is C10H19NO2. The third-order valence-electron chi connectivity index (χ3n) is 3.78. The summed E-state index contributed by atoms with van der Waals surface area (Å²) in [5.41, 5.74) is 5.62. The van der Waals surface area contributed by atoms with Crippen molar-refractivity contribution in [1.82, 2.24) is 0 Å². The molecule has 0 saturated heterocycles. The molecule has 0 heterocycles. The Morgan fingerprint density at radius 1 is 1.54 bits per heavy atom. The number of carbonyl (C=O) groups is 1. The van der Waals surface area contributed by atoms with Crippen molar-refractivity contribution in [3.63, 3.8) is 0 Å². The van der Waals surface area contributed by atoms with Crippen molar-refractivity contribution in [2.45, 2.75) is 39.2 Å². The number of carboxylic acid groups (broad SMARTS) is 1. The monoisotopic (exact) mass is 185 g/mol. The van der Waals surface area contributed by atoms with Gasteiger partial charge in [-0.15, -0.1) is 0 Å². The zero-order chi connectivity index (χ0) is 10.2. The van der Waals surface area contributed by atoms with Crippen LogP contribution >= 0.6 is 0 Å². The minimum atomic E-state index is -0.782. The second kappa shape index (κ2) is 3.29. The lowest BCUT2D eigenvalue weighted by Crippen LogP contribution is -2.45. The molecule has 3 nitrogen and oxygen atoms in total. The summed E-state index contributed by atoms with van der Waals surface area (Å²) in [6.07, 6.45) is 0.935. The summed E-state index contributed by atoms with van der Waals surface area (Å²) in [6.45, 7) is 6.38. The maximum Gasteiger partial charge on any atom is 0.305 e. The molecule has 0 bridgehead atoms. The molecule has 76 valence electrons. The second-order valence-electron chi connectivity index (χ2n) is 4.63. The summed E-state index contributed by atoms with van der Waals surface area (Å²) in [5.74, 6) is 0.595. The number of nitrogens with two attached hydrogens (primary N) is 1. The Morgan fingerprint density at radius 3 is 2.38 bits per heavy atom. The maximum absolute atomic E-state index is 10.6. The maximum atomic E-state index is 10.6. The second-order valence-corrected chi connectivity index (χ2v) is 4.63. The van der Waals surface area contributed by atoms with Crippen molar-refractivity contribution < 1.29 is 9.90 Å². The van der Waals surface area contributed by atoms with Crippen LogP contribution in [0.3, 0.4) is 0 Å². The predicted molar refractivity (Wildman–Crippen MR) is 51.3 cm³/mol. The third kappa shape index (κ3) is 1.85. The molecule has 3 N–H and O–H groups in total. The molecule has 2 unspecified atom stereocenters. The fraction of sp³-hybridized carbons (Fsp3) is 0.900. The van der Waals surface area contributed by atoms with Crippen molar-refractivity contribution in [1.29, 1.82) is 0 Å². The van der Waals surface area contributed by atoms with Crippen LogP contribution in [0.5, 0.6) is 0 Å². The van der Waals surface area contributed by atoms with Gasteiger partial charge in [0.2, 0.25) is 0 Å². The van der Waals surface area contributed by atoms with Crippen molar-refractivity contribution in [3.05, 3.63) is 0 Å². The van der Waals surface area contributed by atoms with Gasteiger partial charge >= 0.3 is 5.97 Å². The molecule has 0 aromatic rings. The van der Waals surface area contributed by atoms with E-state index < -0.39 is 11.5 Å². The van der Waals surface area contributed by atoms with Crippen LogP contribution in [-0.4, -0.2) is 16.6 Å². The van der Waals surface area contributed by atoms with Crippen LogP contribution in [0, 0.1) is 17.8 Å². The van der Waals surface area contributed by atoms with E-state index in [1.807, 2.05) is 0 Å². The first-order valence-electron chi connectivity index (χ1n) is 4.87. The topological polar surface area (TPSA) is 63.3 Å². The number of hydrogen-bond donors (Lipinski definition) is 2. The van der Waals surface area contributed by atoms with Gasteiger partial charge in [-0.3, -0.25) is 4.79 Å². The highest BCUT2D eigenvalue weighted by Gasteiger charge is 2.46. The number of carboxylic acids is 1. The van der Waals surface area contributed by atoms with Crippen LogP contribution in [0.15, 0.2) is 0 Å². The van der Waals surface area contributed by atoms with Gasteiger partial charge in [0, 0.05) is 5.54 Å². The summed E-state index contributed by atoms with van der Waals surface area (Å²) in [5, 5.41) is 8.75. The van der Waals surface area contributed by atoms with E-state index in [0.29, 0.717) is 17.8 Å². The third-order valence-corrected chi connectivity index (χ3v) is 3.78. The molecule has 0 aromatic heterocycles. The predicted octanol–water partition coefficient (Wildman–Crippen LogP) is 1.47. The van der Waals surface area contributed by atoms with Gasteiger partial charge in [0.1, 0.15) is 0 Å². The summed E-state index contributed by atoms with van der Waals surface area (Å²) in [6, 6.07) is 0. The lowest BCUT2D eigenvalue weighted by molar-refractivity contribution is -0.138. The molecule has 13 heavy (non-hydrogen) atoms. The first kappa shape index (κ1) is 10.5. The first-order valence-corrected chi connectivity index (χ1v) is 4.87. The van der Waals surface area contributed by atoms with E-state index in [9.17, 15) is 4.79 Å². The Morgan fingerprint density at radius 2 is 2.08 bits per heavy atom. The van der Waals surface area contributed by atoms with Crippen LogP contribution in [0.25, 0.3) is 0 Å². The van der Waals surface area contributed by atoms with E-state index in [-0.39, 0.29) is 6.42 Å². The Bertz CT molecular complexity index is 217. The average Bonchev–Trinajstić information content (AvgIpc) is 2.14. The van der Waals surface area contributed by atoms with Crippen molar-refractivity contribution in [2.75, 3.05) is 0 Å². The Labute approximate surface area is 79.3 Å². The average molecular weight is 185 g/mol. The van der Waals surface area contributed by atoms with Crippen molar-refractivity contribution >= 4 is 5.97 Å². The van der Waals surface area contributed by atoms with E-state index in [0.717, 1.165) is 6.42 Å². The van der Waals surface area contributed by atoms with Crippen LogP contribution in [0.4, 0.5) is 0 Å². The highest BCUT2D eigenvalue weighted by atomic mass is 16.4. The van der Waals surface area contributed by atoms with Crippen molar-refractivity contribution in [3.8, 4) is 0 Å². The molecule has 0 radical (unpaired) electrons. The standard InChI is InChI=1S/C10H19NO2/c1-6-4-10(11,5-9(12)13)8(3)7(6)2/h6-8H,4-5,11H2,1-3H3,(H,12,13)/t6-,7-,8?,10?/m0/s1. The van der Waals surface area contributed by atoms with Gasteiger partial charge in [-0.2, -0.15) is 0 Å². The van der Waals surface area contributed by atoms with Crippen molar-refractivity contribution in [2.24, 2.45) is 23.5 Å². The van der Waals surface area contributed by atoms with Crippen LogP contribution in [0.1, 0.15) is 33.6 Å². The Hall–Kier alpha value is -0.570. The normalized spacial score (nSPS) is 45.1. The lowest BCUT2D eigenvalue weighted by atomic mass is 9.83. The summed E-state index contributed by atoms with van der Waals surface area (Å²) in [4.78, 5) is 10.6. The molecule has 1 saturated carbocycles. The lowest BCUT2D eigenvalue weighted by Gasteiger charge is -2.28. The molecule has 0 aromatic carbocycles. The Balaban J connectivity index is 2.75.